The van der Waals surface area contributed by atoms with Crippen molar-refractivity contribution in [2.75, 3.05) is 0 Å². The second kappa shape index (κ2) is 2.78. The standard InChI is InChI=1S/C8H11NO2/c1-5(2)8-6(10)3-9-4-7(8)11/h3-5,10-11H,1-2H3. The van der Waals surface area contributed by atoms with Gasteiger partial charge in [0.2, 0.25) is 0 Å². The summed E-state index contributed by atoms with van der Waals surface area (Å²) in [5.74, 6) is 0.220. The van der Waals surface area contributed by atoms with Crippen molar-refractivity contribution < 1.29 is 10.2 Å². The highest BCUT2D eigenvalue weighted by Crippen LogP contribution is 2.31. The number of rotatable bonds is 1. The molecule has 0 atom stereocenters. The van der Waals surface area contributed by atoms with E-state index in [2.05, 4.69) is 4.98 Å². The largest absolute Gasteiger partial charge is 0.506 e. The first kappa shape index (κ1) is 7.85. The van der Waals surface area contributed by atoms with E-state index in [1.165, 1.54) is 12.4 Å². The zero-order valence-corrected chi connectivity index (χ0v) is 6.57. The van der Waals surface area contributed by atoms with Crippen molar-refractivity contribution in [1.82, 2.24) is 4.98 Å². The van der Waals surface area contributed by atoms with Gasteiger partial charge < -0.3 is 10.2 Å². The molecule has 1 rings (SSSR count). The average molecular weight is 153 g/mol. The number of nitrogens with zero attached hydrogens (tertiary/aromatic N) is 1. The normalized spacial score (nSPS) is 10.5. The van der Waals surface area contributed by atoms with Crippen LogP contribution in [0, 0.1) is 0 Å². The molecule has 3 nitrogen and oxygen atoms in total. The summed E-state index contributed by atoms with van der Waals surface area (Å²) >= 11 is 0. The predicted molar refractivity (Wildman–Crippen MR) is 41.7 cm³/mol. The smallest absolute Gasteiger partial charge is 0.141 e. The average Bonchev–Trinajstić information content (AvgIpc) is 1.85. The van der Waals surface area contributed by atoms with Crippen LogP contribution in [0.3, 0.4) is 0 Å². The van der Waals surface area contributed by atoms with Crippen molar-refractivity contribution in [2.45, 2.75) is 19.8 Å². The third-order valence-corrected chi connectivity index (χ3v) is 1.52. The molecule has 3 heteroatoms. The van der Waals surface area contributed by atoms with E-state index in [0.717, 1.165) is 0 Å². The van der Waals surface area contributed by atoms with Gasteiger partial charge in [-0.15, -0.1) is 0 Å². The molecule has 0 spiro atoms. The van der Waals surface area contributed by atoms with E-state index in [4.69, 9.17) is 0 Å². The Morgan fingerprint density at radius 3 is 1.91 bits per heavy atom. The molecular formula is C8H11NO2. The number of hydrogen-bond donors (Lipinski definition) is 2. The van der Waals surface area contributed by atoms with Gasteiger partial charge in [-0.2, -0.15) is 0 Å². The second-order valence-electron chi connectivity index (χ2n) is 2.75. The lowest BCUT2D eigenvalue weighted by Crippen LogP contribution is -1.89. The highest BCUT2D eigenvalue weighted by Gasteiger charge is 2.10. The van der Waals surface area contributed by atoms with E-state index < -0.39 is 0 Å². The van der Waals surface area contributed by atoms with Gasteiger partial charge in [0.1, 0.15) is 11.5 Å². The fourth-order valence-electron chi connectivity index (χ4n) is 1.04. The summed E-state index contributed by atoms with van der Waals surface area (Å²) in [6, 6.07) is 0. The second-order valence-corrected chi connectivity index (χ2v) is 2.75. The molecule has 1 aromatic heterocycles. The van der Waals surface area contributed by atoms with Crippen molar-refractivity contribution >= 4 is 0 Å². The fraction of sp³-hybridized carbons (Fsp3) is 0.375. The number of aromatic nitrogens is 1. The van der Waals surface area contributed by atoms with E-state index in [0.29, 0.717) is 5.56 Å². The molecule has 0 aromatic carbocycles. The Hall–Kier alpha value is -1.25. The van der Waals surface area contributed by atoms with Gasteiger partial charge in [-0.05, 0) is 5.92 Å². The fourth-order valence-corrected chi connectivity index (χ4v) is 1.04. The molecule has 1 heterocycles. The Morgan fingerprint density at radius 1 is 1.18 bits per heavy atom. The van der Waals surface area contributed by atoms with E-state index in [1.54, 1.807) is 0 Å². The molecular weight excluding hydrogens is 142 g/mol. The van der Waals surface area contributed by atoms with Gasteiger partial charge in [-0.1, -0.05) is 13.8 Å². The van der Waals surface area contributed by atoms with Crippen LogP contribution >= 0.6 is 0 Å². The van der Waals surface area contributed by atoms with Gasteiger partial charge >= 0.3 is 0 Å². The molecule has 11 heavy (non-hydrogen) atoms. The molecule has 1 aromatic rings. The minimum Gasteiger partial charge on any atom is -0.506 e. The van der Waals surface area contributed by atoms with Crippen LogP contribution in [-0.2, 0) is 0 Å². The maximum absolute atomic E-state index is 9.24. The molecule has 0 aliphatic carbocycles. The number of pyridine rings is 1. The van der Waals surface area contributed by atoms with Gasteiger partial charge in [0.25, 0.3) is 0 Å². The van der Waals surface area contributed by atoms with E-state index in [-0.39, 0.29) is 17.4 Å². The lowest BCUT2D eigenvalue weighted by atomic mass is 10.0. The summed E-state index contributed by atoms with van der Waals surface area (Å²) in [6.07, 6.45) is 2.66. The topological polar surface area (TPSA) is 53.4 Å². The lowest BCUT2D eigenvalue weighted by molar-refractivity contribution is 0.429. The Bertz CT molecular complexity index is 238. The minimum atomic E-state index is 0.0556. The summed E-state index contributed by atoms with van der Waals surface area (Å²) in [5.41, 5.74) is 0.556. The lowest BCUT2D eigenvalue weighted by Gasteiger charge is -2.08. The highest BCUT2D eigenvalue weighted by molar-refractivity contribution is 5.41. The Balaban J connectivity index is 3.21. The van der Waals surface area contributed by atoms with Crippen molar-refractivity contribution in [2.24, 2.45) is 0 Å². The molecule has 0 radical (unpaired) electrons. The molecule has 0 fully saturated rings. The van der Waals surface area contributed by atoms with Gasteiger partial charge in [-0.25, -0.2) is 0 Å². The molecule has 60 valence electrons. The Kier molecular flexibility index (Phi) is 1.98. The highest BCUT2D eigenvalue weighted by atomic mass is 16.3. The quantitative estimate of drug-likeness (QED) is 0.644. The third-order valence-electron chi connectivity index (χ3n) is 1.52. The zero-order valence-electron chi connectivity index (χ0n) is 6.57. The van der Waals surface area contributed by atoms with Crippen LogP contribution in [0.5, 0.6) is 11.5 Å². The maximum atomic E-state index is 9.24. The van der Waals surface area contributed by atoms with Gasteiger partial charge in [-0.3, -0.25) is 4.98 Å². The maximum Gasteiger partial charge on any atom is 0.141 e. The molecule has 0 aliphatic rings. The number of hydrogen-bond acceptors (Lipinski definition) is 3. The van der Waals surface area contributed by atoms with Crippen molar-refractivity contribution in [3.8, 4) is 11.5 Å². The van der Waals surface area contributed by atoms with Crippen LogP contribution in [0.25, 0.3) is 0 Å². The minimum absolute atomic E-state index is 0.0556. The molecule has 0 saturated heterocycles. The molecule has 2 N–H and O–H groups in total. The van der Waals surface area contributed by atoms with Crippen LogP contribution in [-0.4, -0.2) is 15.2 Å². The van der Waals surface area contributed by atoms with Crippen LogP contribution < -0.4 is 0 Å². The third kappa shape index (κ3) is 1.42. The van der Waals surface area contributed by atoms with E-state index >= 15 is 0 Å². The van der Waals surface area contributed by atoms with E-state index in [1.807, 2.05) is 13.8 Å². The zero-order chi connectivity index (χ0) is 8.43. The SMILES string of the molecule is CC(C)c1c(O)cncc1O. The first-order chi connectivity index (χ1) is 5.13. The molecule has 0 saturated carbocycles. The van der Waals surface area contributed by atoms with E-state index in [9.17, 15) is 10.2 Å². The van der Waals surface area contributed by atoms with Gasteiger partial charge in [0.15, 0.2) is 0 Å². The molecule has 0 amide bonds. The molecule has 0 unspecified atom stereocenters. The summed E-state index contributed by atoms with van der Waals surface area (Å²) in [6.45, 7) is 3.80. The first-order valence-electron chi connectivity index (χ1n) is 3.48. The summed E-state index contributed by atoms with van der Waals surface area (Å²) < 4.78 is 0. The van der Waals surface area contributed by atoms with Crippen molar-refractivity contribution in [3.05, 3.63) is 18.0 Å². The van der Waals surface area contributed by atoms with Crippen molar-refractivity contribution in [1.29, 1.82) is 0 Å². The van der Waals surface area contributed by atoms with Crippen LogP contribution in [0.2, 0.25) is 0 Å². The van der Waals surface area contributed by atoms with Crippen LogP contribution in [0.15, 0.2) is 12.4 Å². The van der Waals surface area contributed by atoms with Gasteiger partial charge in [0, 0.05) is 5.56 Å². The summed E-state index contributed by atoms with van der Waals surface area (Å²) in [7, 11) is 0. The first-order valence-corrected chi connectivity index (χ1v) is 3.48. The summed E-state index contributed by atoms with van der Waals surface area (Å²) in [4.78, 5) is 3.63. The molecule has 0 aliphatic heterocycles. The summed E-state index contributed by atoms with van der Waals surface area (Å²) in [5, 5.41) is 18.5. The Morgan fingerprint density at radius 2 is 1.64 bits per heavy atom. The Labute approximate surface area is 65.3 Å². The monoisotopic (exact) mass is 153 g/mol. The van der Waals surface area contributed by atoms with Crippen LogP contribution in [0.4, 0.5) is 0 Å². The van der Waals surface area contributed by atoms with Crippen molar-refractivity contribution in [3.63, 3.8) is 0 Å². The number of aromatic hydroxyl groups is 2. The molecule has 0 bridgehead atoms. The van der Waals surface area contributed by atoms with Crippen LogP contribution in [0.1, 0.15) is 25.3 Å². The predicted octanol–water partition coefficient (Wildman–Crippen LogP) is 1.62. The van der Waals surface area contributed by atoms with Gasteiger partial charge in [0.05, 0.1) is 12.4 Å².